The van der Waals surface area contributed by atoms with Crippen LogP contribution in [0.3, 0.4) is 0 Å². The lowest BCUT2D eigenvalue weighted by Crippen LogP contribution is -2.20. The van der Waals surface area contributed by atoms with Gasteiger partial charge in [0.05, 0.1) is 12.8 Å². The zero-order chi connectivity index (χ0) is 14.8. The zero-order valence-electron chi connectivity index (χ0n) is 12.5. The van der Waals surface area contributed by atoms with E-state index in [1.54, 1.807) is 7.11 Å². The first-order chi connectivity index (χ1) is 10.2. The molecule has 1 atom stereocenters. The van der Waals surface area contributed by atoms with E-state index in [1.165, 1.54) is 11.1 Å². The Balaban J connectivity index is 1.85. The Hall–Kier alpha value is -2.16. The van der Waals surface area contributed by atoms with E-state index in [4.69, 9.17) is 4.74 Å². The lowest BCUT2D eigenvalue weighted by atomic mass is 9.92. The van der Waals surface area contributed by atoms with E-state index in [0.29, 0.717) is 11.7 Å². The van der Waals surface area contributed by atoms with Gasteiger partial charge in [0.25, 0.3) is 0 Å². The maximum absolute atomic E-state index is 10.2. The number of nitrogens with one attached hydrogen (secondary N) is 1. The van der Waals surface area contributed by atoms with E-state index in [1.807, 2.05) is 18.2 Å². The fourth-order valence-electron chi connectivity index (χ4n) is 2.92. The molecule has 0 saturated carbocycles. The van der Waals surface area contributed by atoms with Crippen molar-refractivity contribution in [2.45, 2.75) is 19.8 Å². The fraction of sp³-hybridized carbons (Fsp3) is 0.333. The van der Waals surface area contributed by atoms with Crippen LogP contribution in [-0.4, -0.2) is 18.8 Å². The molecule has 0 aromatic heterocycles. The molecule has 0 aliphatic carbocycles. The van der Waals surface area contributed by atoms with Crippen LogP contribution < -0.4 is 10.1 Å². The molecule has 3 heteroatoms. The summed E-state index contributed by atoms with van der Waals surface area (Å²) in [6, 6.07) is 12.1. The summed E-state index contributed by atoms with van der Waals surface area (Å²) in [5, 5.41) is 13.5. The predicted molar refractivity (Wildman–Crippen MR) is 85.3 cm³/mol. The number of benzene rings is 2. The summed E-state index contributed by atoms with van der Waals surface area (Å²) in [4.78, 5) is 0. The van der Waals surface area contributed by atoms with E-state index >= 15 is 0 Å². The standard InChI is InChI=1S/C18H21NO2/c1-12-7-15-9-14(10-17(20)18(15)19-11-12)8-13-3-5-16(21-2)6-4-13/h3-6,9-10,12,19-20H,7-8,11H2,1-2H3. The van der Waals surface area contributed by atoms with Crippen molar-refractivity contribution in [1.29, 1.82) is 0 Å². The van der Waals surface area contributed by atoms with Crippen LogP contribution in [0.1, 0.15) is 23.6 Å². The van der Waals surface area contributed by atoms with Crippen molar-refractivity contribution in [1.82, 2.24) is 0 Å². The number of fused-ring (bicyclic) bond motifs is 1. The Morgan fingerprint density at radius 1 is 1.19 bits per heavy atom. The Labute approximate surface area is 125 Å². The van der Waals surface area contributed by atoms with Crippen LogP contribution in [0.25, 0.3) is 0 Å². The van der Waals surface area contributed by atoms with Gasteiger partial charge in [-0.15, -0.1) is 0 Å². The van der Waals surface area contributed by atoms with Gasteiger partial charge in [-0.25, -0.2) is 0 Å². The van der Waals surface area contributed by atoms with Gasteiger partial charge in [-0.05, 0) is 53.6 Å². The van der Waals surface area contributed by atoms with Crippen LogP contribution in [0, 0.1) is 5.92 Å². The van der Waals surface area contributed by atoms with Gasteiger partial charge < -0.3 is 15.2 Å². The molecule has 1 unspecified atom stereocenters. The van der Waals surface area contributed by atoms with Crippen molar-refractivity contribution in [3.8, 4) is 11.5 Å². The quantitative estimate of drug-likeness (QED) is 0.846. The third-order valence-electron chi connectivity index (χ3n) is 4.02. The van der Waals surface area contributed by atoms with Gasteiger partial charge >= 0.3 is 0 Å². The monoisotopic (exact) mass is 283 g/mol. The molecule has 110 valence electrons. The zero-order valence-corrected chi connectivity index (χ0v) is 12.5. The van der Waals surface area contributed by atoms with E-state index < -0.39 is 0 Å². The average Bonchev–Trinajstić information content (AvgIpc) is 2.47. The maximum Gasteiger partial charge on any atom is 0.139 e. The van der Waals surface area contributed by atoms with Gasteiger partial charge in [-0.3, -0.25) is 0 Å². The normalized spacial score (nSPS) is 17.0. The lowest BCUT2D eigenvalue weighted by Gasteiger charge is -2.25. The first kappa shape index (κ1) is 13.8. The Kier molecular flexibility index (Phi) is 3.74. The van der Waals surface area contributed by atoms with Crippen LogP contribution in [0.15, 0.2) is 36.4 Å². The van der Waals surface area contributed by atoms with E-state index in [2.05, 4.69) is 30.4 Å². The largest absolute Gasteiger partial charge is 0.506 e. The van der Waals surface area contributed by atoms with E-state index in [9.17, 15) is 5.11 Å². The molecule has 1 aliphatic heterocycles. The Morgan fingerprint density at radius 3 is 2.67 bits per heavy atom. The van der Waals surface area contributed by atoms with Crippen molar-refractivity contribution in [3.05, 3.63) is 53.1 Å². The minimum absolute atomic E-state index is 0.364. The van der Waals surface area contributed by atoms with Crippen molar-refractivity contribution in [3.63, 3.8) is 0 Å². The Bertz CT molecular complexity index is 634. The molecule has 2 aromatic carbocycles. The van der Waals surface area contributed by atoms with Crippen molar-refractivity contribution in [2.75, 3.05) is 19.0 Å². The molecule has 0 radical (unpaired) electrons. The third kappa shape index (κ3) is 2.97. The number of anilines is 1. The van der Waals surface area contributed by atoms with Crippen LogP contribution >= 0.6 is 0 Å². The Morgan fingerprint density at radius 2 is 1.95 bits per heavy atom. The third-order valence-corrected chi connectivity index (χ3v) is 4.02. The summed E-state index contributed by atoms with van der Waals surface area (Å²) in [7, 11) is 1.67. The highest BCUT2D eigenvalue weighted by Crippen LogP contribution is 2.34. The molecule has 2 N–H and O–H groups in total. The number of phenolic OH excluding ortho intramolecular Hbond substituents is 1. The molecule has 0 spiro atoms. The van der Waals surface area contributed by atoms with Crippen molar-refractivity contribution >= 4 is 5.69 Å². The number of phenols is 1. The van der Waals surface area contributed by atoms with Crippen molar-refractivity contribution in [2.24, 2.45) is 5.92 Å². The molecule has 21 heavy (non-hydrogen) atoms. The molecule has 3 nitrogen and oxygen atoms in total. The van der Waals surface area contributed by atoms with Crippen LogP contribution in [0.4, 0.5) is 5.69 Å². The molecule has 2 aromatic rings. The highest BCUT2D eigenvalue weighted by molar-refractivity contribution is 5.64. The second-order valence-electron chi connectivity index (χ2n) is 5.86. The smallest absolute Gasteiger partial charge is 0.139 e. The fourth-order valence-corrected chi connectivity index (χ4v) is 2.92. The van der Waals surface area contributed by atoms with Crippen molar-refractivity contribution < 1.29 is 9.84 Å². The lowest BCUT2D eigenvalue weighted by molar-refractivity contribution is 0.414. The van der Waals surface area contributed by atoms with Crippen LogP contribution in [-0.2, 0) is 12.8 Å². The highest BCUT2D eigenvalue weighted by Gasteiger charge is 2.18. The molecule has 1 heterocycles. The molecule has 1 aliphatic rings. The summed E-state index contributed by atoms with van der Waals surface area (Å²) in [5.41, 5.74) is 4.49. The molecular weight excluding hydrogens is 262 g/mol. The molecular formula is C18H21NO2. The number of methoxy groups -OCH3 is 1. The summed E-state index contributed by atoms with van der Waals surface area (Å²) in [6.45, 7) is 3.15. The average molecular weight is 283 g/mol. The molecule has 3 rings (SSSR count). The summed E-state index contributed by atoms with van der Waals surface area (Å²) >= 11 is 0. The number of hydrogen-bond acceptors (Lipinski definition) is 3. The first-order valence-electron chi connectivity index (χ1n) is 7.37. The maximum atomic E-state index is 10.2. The first-order valence-corrected chi connectivity index (χ1v) is 7.37. The predicted octanol–water partition coefficient (Wildman–Crippen LogP) is 3.60. The number of aromatic hydroxyl groups is 1. The minimum atomic E-state index is 0.364. The van der Waals surface area contributed by atoms with Gasteiger partial charge in [-0.1, -0.05) is 25.1 Å². The highest BCUT2D eigenvalue weighted by atomic mass is 16.5. The van der Waals surface area contributed by atoms with Gasteiger partial charge in [0.1, 0.15) is 11.5 Å². The minimum Gasteiger partial charge on any atom is -0.506 e. The molecule has 0 amide bonds. The van der Waals surface area contributed by atoms with Gasteiger partial charge in [-0.2, -0.15) is 0 Å². The molecule has 0 bridgehead atoms. The topological polar surface area (TPSA) is 41.5 Å². The SMILES string of the molecule is COc1ccc(Cc2cc(O)c3c(c2)CC(C)CN3)cc1. The van der Waals surface area contributed by atoms with E-state index in [-0.39, 0.29) is 0 Å². The summed E-state index contributed by atoms with van der Waals surface area (Å²) in [5.74, 6) is 1.83. The van der Waals surface area contributed by atoms with E-state index in [0.717, 1.165) is 36.4 Å². The van der Waals surface area contributed by atoms with Gasteiger partial charge in [0, 0.05) is 6.54 Å². The van der Waals surface area contributed by atoms with Crippen LogP contribution in [0.5, 0.6) is 11.5 Å². The van der Waals surface area contributed by atoms with Gasteiger partial charge in [0.2, 0.25) is 0 Å². The number of hydrogen-bond donors (Lipinski definition) is 2. The summed E-state index contributed by atoms with van der Waals surface area (Å²) < 4.78 is 5.18. The molecule has 0 fully saturated rings. The summed E-state index contributed by atoms with van der Waals surface area (Å²) in [6.07, 6.45) is 1.84. The second-order valence-corrected chi connectivity index (χ2v) is 5.86. The number of ether oxygens (including phenoxy) is 1. The molecule has 0 saturated heterocycles. The number of rotatable bonds is 3. The van der Waals surface area contributed by atoms with Gasteiger partial charge in [0.15, 0.2) is 0 Å². The van der Waals surface area contributed by atoms with Crippen LogP contribution in [0.2, 0.25) is 0 Å². The second kappa shape index (κ2) is 5.68.